The third kappa shape index (κ3) is 4.68. The smallest absolute Gasteiger partial charge is 0.0493 e. The Morgan fingerprint density at radius 2 is 1.79 bits per heavy atom. The molecule has 0 fully saturated rings. The summed E-state index contributed by atoms with van der Waals surface area (Å²) in [5.41, 5.74) is 0. The van der Waals surface area contributed by atoms with Crippen LogP contribution in [0.3, 0.4) is 0 Å². The molecule has 0 N–H and O–H groups in total. The Morgan fingerprint density at radius 1 is 1.21 bits per heavy atom. The molecule has 0 unspecified atom stereocenters. The molecule has 0 heterocycles. The molecule has 0 spiro atoms. The molecule has 0 saturated heterocycles. The lowest BCUT2D eigenvalue weighted by Gasteiger charge is -2.16. The molecule has 0 amide bonds. The van der Waals surface area contributed by atoms with E-state index in [1.54, 1.807) is 0 Å². The number of rotatable bonds is 4. The molecule has 0 nitrogen and oxygen atoms in total. The fourth-order valence-electron chi connectivity index (χ4n) is 1.28. The van der Waals surface area contributed by atoms with Gasteiger partial charge in [-0.1, -0.05) is 56.2 Å². The molecule has 14 heavy (non-hydrogen) atoms. The van der Waals surface area contributed by atoms with Crippen LogP contribution in [0.5, 0.6) is 0 Å². The van der Waals surface area contributed by atoms with Crippen LogP contribution in [0.25, 0.3) is 0 Å². The Hall–Kier alpha value is -0.473. The molecule has 1 aromatic carbocycles. The normalized spacial score (nSPS) is 11.4. The van der Waals surface area contributed by atoms with Crippen LogP contribution in [0, 0.1) is 0 Å². The third-order valence-electron chi connectivity index (χ3n) is 1.73. The van der Waals surface area contributed by atoms with Gasteiger partial charge in [-0.05, 0) is 23.1 Å². The SMILES string of the molecule is C=C(C[Si](C)(C)C)Sc1ccccc1. The van der Waals surface area contributed by atoms with Gasteiger partial charge in [0.25, 0.3) is 0 Å². The summed E-state index contributed by atoms with van der Waals surface area (Å²) in [6.07, 6.45) is 0. The number of benzene rings is 1. The number of hydrogen-bond acceptors (Lipinski definition) is 1. The van der Waals surface area contributed by atoms with Gasteiger partial charge in [0, 0.05) is 13.0 Å². The molecule has 0 aliphatic carbocycles. The van der Waals surface area contributed by atoms with Crippen molar-refractivity contribution < 1.29 is 0 Å². The van der Waals surface area contributed by atoms with E-state index < -0.39 is 8.07 Å². The minimum absolute atomic E-state index is 0.995. The summed E-state index contributed by atoms with van der Waals surface area (Å²) in [6, 6.07) is 11.7. The summed E-state index contributed by atoms with van der Waals surface area (Å²) in [7, 11) is -0.995. The van der Waals surface area contributed by atoms with Crippen LogP contribution in [0.2, 0.25) is 25.7 Å². The average Bonchev–Trinajstić information content (AvgIpc) is 2.02. The van der Waals surface area contributed by atoms with Gasteiger partial charge < -0.3 is 0 Å². The van der Waals surface area contributed by atoms with Crippen LogP contribution in [-0.2, 0) is 0 Å². The zero-order valence-electron chi connectivity index (χ0n) is 9.21. The average molecular weight is 222 g/mol. The quantitative estimate of drug-likeness (QED) is 0.529. The lowest BCUT2D eigenvalue weighted by molar-refractivity contribution is 1.44. The Morgan fingerprint density at radius 3 is 2.29 bits per heavy atom. The van der Waals surface area contributed by atoms with E-state index in [2.05, 4.69) is 50.5 Å². The fraction of sp³-hybridized carbons (Fsp3) is 0.333. The highest BCUT2D eigenvalue weighted by Gasteiger charge is 2.14. The van der Waals surface area contributed by atoms with Crippen molar-refractivity contribution in [3.63, 3.8) is 0 Å². The molecule has 0 saturated carbocycles. The lowest BCUT2D eigenvalue weighted by Crippen LogP contribution is -2.18. The predicted octanol–water partition coefficient (Wildman–Crippen LogP) is 4.63. The van der Waals surface area contributed by atoms with Gasteiger partial charge in [-0.15, -0.1) is 0 Å². The Labute approximate surface area is 92.4 Å². The van der Waals surface area contributed by atoms with Crippen LogP contribution < -0.4 is 0 Å². The second kappa shape index (κ2) is 4.85. The molecule has 0 bridgehead atoms. The summed E-state index contributed by atoms with van der Waals surface area (Å²) < 4.78 is 0. The Bertz CT molecular complexity index is 298. The molecule has 2 heteroatoms. The molecular formula is C12H18SSi. The summed E-state index contributed by atoms with van der Waals surface area (Å²) in [5, 5.41) is 0. The maximum absolute atomic E-state index is 4.13. The highest BCUT2D eigenvalue weighted by Crippen LogP contribution is 2.30. The van der Waals surface area contributed by atoms with Crippen LogP contribution in [-0.4, -0.2) is 8.07 Å². The molecule has 76 valence electrons. The number of allylic oxidation sites excluding steroid dienone is 1. The minimum Gasteiger partial charge on any atom is -0.0955 e. The van der Waals surface area contributed by atoms with Crippen molar-refractivity contribution in [2.24, 2.45) is 0 Å². The van der Waals surface area contributed by atoms with E-state index in [-0.39, 0.29) is 0 Å². The molecule has 0 radical (unpaired) electrons. The van der Waals surface area contributed by atoms with Gasteiger partial charge in [-0.25, -0.2) is 0 Å². The van der Waals surface area contributed by atoms with Gasteiger partial charge in [0.2, 0.25) is 0 Å². The zero-order chi connectivity index (χ0) is 10.6. The fourth-order valence-corrected chi connectivity index (χ4v) is 4.68. The van der Waals surface area contributed by atoms with Crippen molar-refractivity contribution in [2.45, 2.75) is 30.6 Å². The van der Waals surface area contributed by atoms with Crippen molar-refractivity contribution >= 4 is 19.8 Å². The van der Waals surface area contributed by atoms with Crippen molar-refractivity contribution in [1.82, 2.24) is 0 Å². The first-order valence-corrected chi connectivity index (χ1v) is 9.40. The molecular weight excluding hydrogens is 204 g/mol. The number of hydrogen-bond donors (Lipinski definition) is 0. The first kappa shape index (κ1) is 11.6. The van der Waals surface area contributed by atoms with Gasteiger partial charge in [-0.3, -0.25) is 0 Å². The molecule has 1 aromatic rings. The van der Waals surface area contributed by atoms with Crippen LogP contribution in [0.4, 0.5) is 0 Å². The summed E-state index contributed by atoms with van der Waals surface area (Å²) in [6.45, 7) is 11.3. The zero-order valence-corrected chi connectivity index (χ0v) is 11.0. The molecule has 0 aliphatic heterocycles. The van der Waals surface area contributed by atoms with E-state index in [0.717, 1.165) is 0 Å². The highest BCUT2D eigenvalue weighted by atomic mass is 32.2. The van der Waals surface area contributed by atoms with Crippen LogP contribution >= 0.6 is 11.8 Å². The molecule has 0 aliphatic rings. The van der Waals surface area contributed by atoms with Crippen molar-refractivity contribution in [2.75, 3.05) is 0 Å². The van der Waals surface area contributed by atoms with Crippen molar-refractivity contribution in [1.29, 1.82) is 0 Å². The minimum atomic E-state index is -0.995. The third-order valence-corrected chi connectivity index (χ3v) is 4.42. The standard InChI is InChI=1S/C12H18SSi/c1-11(10-14(2,3)4)13-12-8-6-5-7-9-12/h5-9H,1,10H2,2-4H3. The van der Waals surface area contributed by atoms with E-state index in [4.69, 9.17) is 0 Å². The van der Waals surface area contributed by atoms with Crippen LogP contribution in [0.1, 0.15) is 0 Å². The highest BCUT2D eigenvalue weighted by molar-refractivity contribution is 8.03. The maximum Gasteiger partial charge on any atom is 0.0493 e. The topological polar surface area (TPSA) is 0 Å². The summed E-state index contributed by atoms with van der Waals surface area (Å²) in [4.78, 5) is 2.60. The monoisotopic (exact) mass is 222 g/mol. The molecule has 0 aromatic heterocycles. The van der Waals surface area contributed by atoms with Gasteiger partial charge in [0.05, 0.1) is 0 Å². The van der Waals surface area contributed by atoms with E-state index in [1.165, 1.54) is 15.8 Å². The van der Waals surface area contributed by atoms with E-state index in [0.29, 0.717) is 0 Å². The van der Waals surface area contributed by atoms with Crippen molar-refractivity contribution in [3.8, 4) is 0 Å². The second-order valence-corrected chi connectivity index (χ2v) is 11.4. The number of thioether (sulfide) groups is 1. The first-order valence-electron chi connectivity index (χ1n) is 4.88. The van der Waals surface area contributed by atoms with Gasteiger partial charge >= 0.3 is 0 Å². The van der Waals surface area contributed by atoms with Crippen molar-refractivity contribution in [3.05, 3.63) is 41.8 Å². The molecule has 0 atom stereocenters. The summed E-state index contributed by atoms with van der Waals surface area (Å²) in [5.74, 6) is 0. The Kier molecular flexibility index (Phi) is 4.02. The maximum atomic E-state index is 4.13. The lowest BCUT2D eigenvalue weighted by atomic mass is 10.4. The van der Waals surface area contributed by atoms with E-state index in [9.17, 15) is 0 Å². The van der Waals surface area contributed by atoms with Crippen LogP contribution in [0.15, 0.2) is 46.7 Å². The van der Waals surface area contributed by atoms with Gasteiger partial charge in [-0.2, -0.15) is 0 Å². The predicted molar refractivity (Wildman–Crippen MR) is 69.6 cm³/mol. The Balaban J connectivity index is 2.50. The van der Waals surface area contributed by atoms with E-state index >= 15 is 0 Å². The van der Waals surface area contributed by atoms with Gasteiger partial charge in [0.15, 0.2) is 0 Å². The molecule has 1 rings (SSSR count). The second-order valence-electron chi connectivity index (χ2n) is 4.69. The summed E-state index contributed by atoms with van der Waals surface area (Å²) >= 11 is 1.81. The van der Waals surface area contributed by atoms with E-state index in [1.807, 2.05) is 17.8 Å². The van der Waals surface area contributed by atoms with Gasteiger partial charge in [0.1, 0.15) is 0 Å². The largest absolute Gasteiger partial charge is 0.0955 e. The first-order chi connectivity index (χ1) is 6.47.